The second kappa shape index (κ2) is 10.6. The molecule has 0 bridgehead atoms. The summed E-state index contributed by atoms with van der Waals surface area (Å²) in [5.41, 5.74) is 2.02. The first kappa shape index (κ1) is 21.5. The number of nitrogens with one attached hydrogen (secondary N) is 2. The van der Waals surface area contributed by atoms with Crippen molar-refractivity contribution in [2.24, 2.45) is 0 Å². The molecular formula is C23H24N2O4S. The highest BCUT2D eigenvalue weighted by molar-refractivity contribution is 7.80. The molecule has 3 aromatic rings. The molecule has 0 radical (unpaired) electrons. The minimum atomic E-state index is -0.303. The van der Waals surface area contributed by atoms with Gasteiger partial charge in [0.2, 0.25) is 0 Å². The van der Waals surface area contributed by atoms with Gasteiger partial charge in [-0.05, 0) is 67.2 Å². The third kappa shape index (κ3) is 5.92. The molecule has 3 N–H and O–H groups in total. The average Bonchev–Trinajstić information content (AvgIpc) is 3.24. The van der Waals surface area contributed by atoms with E-state index in [4.69, 9.17) is 26.5 Å². The molecule has 0 fully saturated rings. The molecule has 0 aliphatic carbocycles. The number of carbonyl (C=O) groups excluding carboxylic acids is 1. The normalized spacial score (nSPS) is 10.5. The van der Waals surface area contributed by atoms with Gasteiger partial charge in [0.15, 0.2) is 5.11 Å². The lowest BCUT2D eigenvalue weighted by Crippen LogP contribution is -2.34. The van der Waals surface area contributed by atoms with Crippen molar-refractivity contribution >= 4 is 28.9 Å². The summed E-state index contributed by atoms with van der Waals surface area (Å²) in [6.45, 7) is 2.61. The number of aliphatic hydroxyl groups excluding tert-OH is 1. The van der Waals surface area contributed by atoms with Crippen LogP contribution in [0.5, 0.6) is 5.75 Å². The van der Waals surface area contributed by atoms with E-state index in [-0.39, 0.29) is 17.6 Å². The van der Waals surface area contributed by atoms with E-state index in [0.717, 1.165) is 24.2 Å². The molecule has 0 saturated heterocycles. The number of rotatable bonds is 8. The maximum absolute atomic E-state index is 12.4. The van der Waals surface area contributed by atoms with Gasteiger partial charge in [-0.15, -0.1) is 0 Å². The van der Waals surface area contributed by atoms with Crippen LogP contribution in [0.15, 0.2) is 65.1 Å². The van der Waals surface area contributed by atoms with Crippen molar-refractivity contribution in [2.45, 2.75) is 26.4 Å². The summed E-state index contributed by atoms with van der Waals surface area (Å²) in [6, 6.07) is 17.9. The van der Waals surface area contributed by atoms with Crippen LogP contribution in [0.3, 0.4) is 0 Å². The second-order valence-corrected chi connectivity index (χ2v) is 7.05. The van der Waals surface area contributed by atoms with E-state index in [1.807, 2.05) is 24.3 Å². The van der Waals surface area contributed by atoms with Crippen LogP contribution >= 0.6 is 12.2 Å². The van der Waals surface area contributed by atoms with Crippen LogP contribution in [0.4, 0.5) is 5.69 Å². The highest BCUT2D eigenvalue weighted by Crippen LogP contribution is 2.25. The Hall–Kier alpha value is -3.16. The van der Waals surface area contributed by atoms with E-state index >= 15 is 0 Å². The maximum Gasteiger partial charge on any atom is 0.257 e. The number of benzene rings is 2. The number of amides is 1. The first-order valence-electron chi connectivity index (χ1n) is 9.74. The molecule has 0 spiro atoms. The van der Waals surface area contributed by atoms with Crippen molar-refractivity contribution in [3.63, 3.8) is 0 Å². The van der Waals surface area contributed by atoms with E-state index in [2.05, 4.69) is 17.6 Å². The topological polar surface area (TPSA) is 83.7 Å². The van der Waals surface area contributed by atoms with E-state index in [1.165, 1.54) is 0 Å². The van der Waals surface area contributed by atoms with Gasteiger partial charge in [0.05, 0.1) is 6.61 Å². The number of aliphatic hydroxyl groups is 1. The van der Waals surface area contributed by atoms with Crippen LogP contribution in [0.1, 0.15) is 35.9 Å². The van der Waals surface area contributed by atoms with Crippen LogP contribution in [0.2, 0.25) is 0 Å². The zero-order chi connectivity index (χ0) is 21.3. The Morgan fingerprint density at radius 1 is 1.13 bits per heavy atom. The summed E-state index contributed by atoms with van der Waals surface area (Å²) in [5, 5.41) is 15.0. The Morgan fingerprint density at radius 3 is 2.63 bits per heavy atom. The molecule has 1 aromatic heterocycles. The zero-order valence-electron chi connectivity index (χ0n) is 16.7. The number of anilines is 1. The van der Waals surface area contributed by atoms with E-state index < -0.39 is 0 Å². The van der Waals surface area contributed by atoms with E-state index in [0.29, 0.717) is 29.4 Å². The highest BCUT2D eigenvalue weighted by atomic mass is 32.1. The molecule has 0 unspecified atom stereocenters. The van der Waals surface area contributed by atoms with E-state index in [9.17, 15) is 4.79 Å². The summed E-state index contributed by atoms with van der Waals surface area (Å²) >= 11 is 5.27. The second-order valence-electron chi connectivity index (χ2n) is 6.64. The lowest BCUT2D eigenvalue weighted by atomic mass is 10.1. The van der Waals surface area contributed by atoms with Crippen molar-refractivity contribution in [1.82, 2.24) is 5.32 Å². The van der Waals surface area contributed by atoms with Gasteiger partial charge in [-0.2, -0.15) is 0 Å². The third-order valence-electron chi connectivity index (χ3n) is 4.33. The number of hydrogen-bond acceptors (Lipinski definition) is 5. The predicted octanol–water partition coefficient (Wildman–Crippen LogP) is 4.74. The Bertz CT molecular complexity index is 998. The minimum Gasteiger partial charge on any atom is -0.494 e. The van der Waals surface area contributed by atoms with Gasteiger partial charge < -0.3 is 19.6 Å². The lowest BCUT2D eigenvalue weighted by molar-refractivity contribution is 0.0977. The van der Waals surface area contributed by atoms with Gasteiger partial charge >= 0.3 is 0 Å². The number of ether oxygens (including phenoxy) is 1. The van der Waals surface area contributed by atoms with Gasteiger partial charge in [0.1, 0.15) is 23.9 Å². The van der Waals surface area contributed by atoms with Gasteiger partial charge in [0, 0.05) is 16.8 Å². The number of carbonyl (C=O) groups is 1. The molecule has 6 nitrogen and oxygen atoms in total. The molecular weight excluding hydrogens is 400 g/mol. The molecule has 1 amide bonds. The molecule has 0 atom stereocenters. The smallest absolute Gasteiger partial charge is 0.257 e. The molecule has 0 saturated carbocycles. The molecule has 1 heterocycles. The Morgan fingerprint density at radius 2 is 1.93 bits per heavy atom. The summed E-state index contributed by atoms with van der Waals surface area (Å²) < 4.78 is 11.2. The standard InChI is InChI=1S/C23H24N2O4S/c1-2-3-13-28-19-9-7-16(8-10-19)22(27)25-23(30)24-18-6-4-5-17(14-18)21-12-11-20(15-26)29-21/h4-12,14,26H,2-3,13,15H2,1H3,(H2,24,25,27,30). The molecule has 0 aliphatic rings. The van der Waals surface area contributed by atoms with E-state index in [1.54, 1.807) is 36.4 Å². The number of thiocarbonyl (C=S) groups is 1. The Labute approximate surface area is 180 Å². The summed E-state index contributed by atoms with van der Waals surface area (Å²) in [5.74, 6) is 1.56. The van der Waals surface area contributed by atoms with Gasteiger partial charge in [0.25, 0.3) is 5.91 Å². The lowest BCUT2D eigenvalue weighted by Gasteiger charge is -2.11. The van der Waals surface area contributed by atoms with Crippen molar-refractivity contribution < 1.29 is 19.1 Å². The monoisotopic (exact) mass is 424 g/mol. The summed E-state index contributed by atoms with van der Waals surface area (Å²) in [6.07, 6.45) is 2.06. The molecule has 3 rings (SSSR count). The van der Waals surface area contributed by atoms with Gasteiger partial charge in [-0.1, -0.05) is 25.5 Å². The van der Waals surface area contributed by atoms with Crippen LogP contribution in [-0.4, -0.2) is 22.7 Å². The summed E-state index contributed by atoms with van der Waals surface area (Å²) in [7, 11) is 0. The molecule has 7 heteroatoms. The fourth-order valence-electron chi connectivity index (χ4n) is 2.74. The fourth-order valence-corrected chi connectivity index (χ4v) is 2.95. The van der Waals surface area contributed by atoms with Crippen molar-refractivity contribution in [1.29, 1.82) is 0 Å². The Kier molecular flexibility index (Phi) is 7.59. The van der Waals surface area contributed by atoms with Crippen LogP contribution in [0.25, 0.3) is 11.3 Å². The maximum atomic E-state index is 12.4. The van der Waals surface area contributed by atoms with Gasteiger partial charge in [-0.3, -0.25) is 10.1 Å². The molecule has 2 aromatic carbocycles. The largest absolute Gasteiger partial charge is 0.494 e. The zero-order valence-corrected chi connectivity index (χ0v) is 17.5. The molecule has 30 heavy (non-hydrogen) atoms. The fraction of sp³-hybridized carbons (Fsp3) is 0.217. The van der Waals surface area contributed by atoms with Crippen LogP contribution in [0, 0.1) is 0 Å². The van der Waals surface area contributed by atoms with Gasteiger partial charge in [-0.25, -0.2) is 0 Å². The number of unbranched alkanes of at least 4 members (excludes halogenated alkanes) is 1. The van der Waals surface area contributed by atoms with Crippen LogP contribution in [-0.2, 0) is 6.61 Å². The molecule has 156 valence electrons. The SMILES string of the molecule is CCCCOc1ccc(C(=O)NC(=S)Nc2cccc(-c3ccc(CO)o3)c2)cc1. The van der Waals surface area contributed by atoms with Crippen LogP contribution < -0.4 is 15.4 Å². The number of hydrogen-bond donors (Lipinski definition) is 3. The highest BCUT2D eigenvalue weighted by Gasteiger charge is 2.10. The third-order valence-corrected chi connectivity index (χ3v) is 4.54. The first-order valence-corrected chi connectivity index (χ1v) is 10.1. The quantitative estimate of drug-likeness (QED) is 0.358. The predicted molar refractivity (Wildman–Crippen MR) is 121 cm³/mol. The molecule has 0 aliphatic heterocycles. The van der Waals surface area contributed by atoms with Crippen molar-refractivity contribution in [3.8, 4) is 17.1 Å². The summed E-state index contributed by atoms with van der Waals surface area (Å²) in [4.78, 5) is 12.4. The van der Waals surface area contributed by atoms with Crippen molar-refractivity contribution in [2.75, 3.05) is 11.9 Å². The Balaban J connectivity index is 1.57. The number of furan rings is 1. The van der Waals surface area contributed by atoms with Crippen molar-refractivity contribution in [3.05, 3.63) is 72.0 Å². The first-order chi connectivity index (χ1) is 14.6. The average molecular weight is 425 g/mol. The minimum absolute atomic E-state index is 0.153.